The molecule has 1 fully saturated rings. The second-order valence-corrected chi connectivity index (χ2v) is 10.3. The highest BCUT2D eigenvalue weighted by Gasteiger charge is 2.25. The Labute approximate surface area is 184 Å². The van der Waals surface area contributed by atoms with Crippen LogP contribution >= 0.6 is 22.7 Å². The molecule has 3 aromatic heterocycles. The summed E-state index contributed by atoms with van der Waals surface area (Å²) in [5.41, 5.74) is 3.37. The van der Waals surface area contributed by atoms with Crippen molar-refractivity contribution in [2.24, 2.45) is 5.92 Å². The smallest absolute Gasteiger partial charge is 0.226 e. The standard InChI is InChI=1S/C22H27N5OS2/c28-19(7-10-23-11-14-3-1-2-4-14)27-22-20(15-5-8-25-13-18(15)30-22)21-26-16-12-24-9-6-17(16)29-21/h6,9,12,14,23,25H,1-5,7-8,10-11,13H2,(H,27,28). The molecule has 0 atom stereocenters. The number of rotatable bonds is 7. The minimum absolute atomic E-state index is 0.0736. The zero-order valence-corrected chi connectivity index (χ0v) is 18.6. The lowest BCUT2D eigenvalue weighted by Gasteiger charge is -2.13. The van der Waals surface area contributed by atoms with Crippen LogP contribution in [0.5, 0.6) is 0 Å². The largest absolute Gasteiger partial charge is 0.317 e. The maximum Gasteiger partial charge on any atom is 0.226 e. The van der Waals surface area contributed by atoms with Crippen LogP contribution in [0.15, 0.2) is 18.5 Å². The molecule has 2 aliphatic rings. The van der Waals surface area contributed by atoms with Crippen LogP contribution in [0.3, 0.4) is 0 Å². The first-order chi connectivity index (χ1) is 14.8. The van der Waals surface area contributed by atoms with Gasteiger partial charge in [-0.15, -0.1) is 22.7 Å². The van der Waals surface area contributed by atoms with Gasteiger partial charge < -0.3 is 16.0 Å². The van der Waals surface area contributed by atoms with Gasteiger partial charge in [-0.3, -0.25) is 9.78 Å². The fourth-order valence-corrected chi connectivity index (χ4v) is 6.76. The van der Waals surface area contributed by atoms with E-state index in [4.69, 9.17) is 4.98 Å². The maximum atomic E-state index is 12.7. The molecule has 1 aliphatic heterocycles. The first kappa shape index (κ1) is 20.1. The first-order valence-electron chi connectivity index (χ1n) is 10.8. The van der Waals surface area contributed by atoms with Crippen molar-refractivity contribution in [2.45, 2.75) is 45.1 Å². The fraction of sp³-hybridized carbons (Fsp3) is 0.500. The Morgan fingerprint density at radius 2 is 2.17 bits per heavy atom. The van der Waals surface area contributed by atoms with Crippen LogP contribution in [0.2, 0.25) is 0 Å². The van der Waals surface area contributed by atoms with E-state index < -0.39 is 0 Å². The van der Waals surface area contributed by atoms with Crippen LogP contribution in [-0.2, 0) is 17.8 Å². The number of thiazole rings is 1. The molecule has 1 aliphatic carbocycles. The van der Waals surface area contributed by atoms with Gasteiger partial charge in [0.05, 0.1) is 10.9 Å². The van der Waals surface area contributed by atoms with Gasteiger partial charge in [0.2, 0.25) is 5.91 Å². The van der Waals surface area contributed by atoms with E-state index >= 15 is 0 Å². The fourth-order valence-electron chi connectivity index (χ4n) is 4.45. The van der Waals surface area contributed by atoms with Crippen molar-refractivity contribution in [3.8, 4) is 10.6 Å². The Hall–Kier alpha value is -1.87. The van der Waals surface area contributed by atoms with Crippen LogP contribution in [0.4, 0.5) is 5.00 Å². The molecule has 0 bridgehead atoms. The third-order valence-electron chi connectivity index (χ3n) is 6.02. The number of hydrogen-bond donors (Lipinski definition) is 3. The Morgan fingerprint density at radius 3 is 3.03 bits per heavy atom. The molecule has 0 unspecified atom stereocenters. The third-order valence-corrected chi connectivity index (χ3v) is 8.22. The van der Waals surface area contributed by atoms with Gasteiger partial charge >= 0.3 is 0 Å². The molecule has 1 amide bonds. The molecule has 1 saturated carbocycles. The maximum absolute atomic E-state index is 12.7. The highest BCUT2D eigenvalue weighted by Crippen LogP contribution is 2.44. The summed E-state index contributed by atoms with van der Waals surface area (Å²) in [4.78, 5) is 23.0. The van der Waals surface area contributed by atoms with Crippen molar-refractivity contribution < 1.29 is 4.79 Å². The average Bonchev–Trinajstić information content (AvgIpc) is 3.48. The van der Waals surface area contributed by atoms with E-state index in [-0.39, 0.29) is 5.91 Å². The first-order valence-corrected chi connectivity index (χ1v) is 12.5. The van der Waals surface area contributed by atoms with Crippen LogP contribution < -0.4 is 16.0 Å². The molecule has 0 aromatic carbocycles. The molecule has 3 N–H and O–H groups in total. The predicted octanol–water partition coefficient (Wildman–Crippen LogP) is 4.17. The monoisotopic (exact) mass is 441 g/mol. The van der Waals surface area contributed by atoms with Crippen molar-refractivity contribution in [3.63, 3.8) is 0 Å². The second-order valence-electron chi connectivity index (χ2n) is 8.15. The van der Waals surface area contributed by atoms with E-state index in [0.29, 0.717) is 6.42 Å². The third kappa shape index (κ3) is 4.27. The predicted molar refractivity (Wildman–Crippen MR) is 124 cm³/mol. The number of fused-ring (bicyclic) bond motifs is 2. The summed E-state index contributed by atoms with van der Waals surface area (Å²) in [6.45, 7) is 3.59. The van der Waals surface area contributed by atoms with Crippen LogP contribution in [0.1, 0.15) is 42.5 Å². The lowest BCUT2D eigenvalue weighted by atomic mass is 10.0. The van der Waals surface area contributed by atoms with Gasteiger partial charge in [0.25, 0.3) is 0 Å². The average molecular weight is 442 g/mol. The zero-order chi connectivity index (χ0) is 20.3. The number of nitrogens with zero attached hydrogens (tertiary/aromatic N) is 2. The topological polar surface area (TPSA) is 78.9 Å². The zero-order valence-electron chi connectivity index (χ0n) is 17.0. The molecular formula is C22H27N5OS2. The number of nitrogens with one attached hydrogen (secondary N) is 3. The van der Waals surface area contributed by atoms with Gasteiger partial charge in [-0.05, 0) is 49.9 Å². The van der Waals surface area contributed by atoms with Gasteiger partial charge in [0.1, 0.15) is 15.5 Å². The summed E-state index contributed by atoms with van der Waals surface area (Å²) in [5, 5.41) is 12.0. The highest BCUT2D eigenvalue weighted by atomic mass is 32.1. The van der Waals surface area contributed by atoms with Crippen molar-refractivity contribution in [1.29, 1.82) is 0 Å². The van der Waals surface area contributed by atoms with Crippen molar-refractivity contribution in [1.82, 2.24) is 20.6 Å². The summed E-state index contributed by atoms with van der Waals surface area (Å²) < 4.78 is 1.13. The van der Waals surface area contributed by atoms with E-state index in [1.165, 1.54) is 36.1 Å². The Bertz CT molecular complexity index is 1000. The SMILES string of the molecule is O=C(CCNCC1CCCC1)Nc1sc2c(c1-c1nc3cnccc3s1)CCNC2. The lowest BCUT2D eigenvalue weighted by molar-refractivity contribution is -0.116. The molecule has 4 heterocycles. The normalized spacial score (nSPS) is 16.8. The van der Waals surface area contributed by atoms with Crippen molar-refractivity contribution in [2.75, 3.05) is 25.0 Å². The molecular weight excluding hydrogens is 414 g/mol. The lowest BCUT2D eigenvalue weighted by Crippen LogP contribution is -2.25. The second kappa shape index (κ2) is 9.09. The number of amides is 1. The number of thiophene rings is 1. The summed E-state index contributed by atoms with van der Waals surface area (Å²) in [6, 6.07) is 2.01. The Morgan fingerprint density at radius 1 is 1.27 bits per heavy atom. The number of anilines is 1. The molecule has 0 radical (unpaired) electrons. The molecule has 8 heteroatoms. The molecule has 0 spiro atoms. The van der Waals surface area contributed by atoms with E-state index in [9.17, 15) is 4.79 Å². The van der Waals surface area contributed by atoms with Crippen LogP contribution in [0.25, 0.3) is 20.8 Å². The summed E-state index contributed by atoms with van der Waals surface area (Å²) in [5.74, 6) is 0.870. The van der Waals surface area contributed by atoms with Gasteiger partial charge in [-0.25, -0.2) is 4.98 Å². The number of aromatic nitrogens is 2. The van der Waals surface area contributed by atoms with E-state index in [1.54, 1.807) is 28.9 Å². The molecule has 158 valence electrons. The van der Waals surface area contributed by atoms with E-state index in [1.807, 2.05) is 12.3 Å². The van der Waals surface area contributed by atoms with Gasteiger partial charge in [0.15, 0.2) is 0 Å². The Kier molecular flexibility index (Phi) is 6.08. The summed E-state index contributed by atoms with van der Waals surface area (Å²) in [6.07, 6.45) is 10.4. The number of carbonyl (C=O) groups is 1. The summed E-state index contributed by atoms with van der Waals surface area (Å²) in [7, 11) is 0. The Balaban J connectivity index is 1.31. The summed E-state index contributed by atoms with van der Waals surface area (Å²) >= 11 is 3.37. The number of hydrogen-bond acceptors (Lipinski definition) is 7. The van der Waals surface area contributed by atoms with E-state index in [2.05, 4.69) is 20.9 Å². The minimum Gasteiger partial charge on any atom is -0.317 e. The van der Waals surface area contributed by atoms with Gasteiger partial charge in [-0.1, -0.05) is 12.8 Å². The van der Waals surface area contributed by atoms with E-state index in [0.717, 1.165) is 64.3 Å². The van der Waals surface area contributed by atoms with Crippen molar-refractivity contribution in [3.05, 3.63) is 28.9 Å². The molecule has 0 saturated heterocycles. The van der Waals surface area contributed by atoms with Crippen molar-refractivity contribution >= 4 is 43.8 Å². The highest BCUT2D eigenvalue weighted by molar-refractivity contribution is 7.22. The van der Waals surface area contributed by atoms with Gasteiger partial charge in [0, 0.05) is 36.1 Å². The molecule has 5 rings (SSSR count). The van der Waals surface area contributed by atoms with Crippen LogP contribution in [0, 0.1) is 5.92 Å². The van der Waals surface area contributed by atoms with Gasteiger partial charge in [-0.2, -0.15) is 0 Å². The molecule has 6 nitrogen and oxygen atoms in total. The minimum atomic E-state index is 0.0736. The number of carbonyl (C=O) groups excluding carboxylic acids is 1. The van der Waals surface area contributed by atoms with Crippen LogP contribution in [-0.4, -0.2) is 35.5 Å². The number of pyridine rings is 1. The molecule has 30 heavy (non-hydrogen) atoms. The quantitative estimate of drug-likeness (QED) is 0.480. The molecule has 3 aromatic rings.